The summed E-state index contributed by atoms with van der Waals surface area (Å²) in [6, 6.07) is 14.6. The molecule has 2 aromatic rings. The van der Waals surface area contributed by atoms with E-state index < -0.39 is 11.9 Å². The zero-order valence-electron chi connectivity index (χ0n) is 20.3. The molecular weight excluding hydrogens is 464 g/mol. The van der Waals surface area contributed by atoms with Gasteiger partial charge in [0.1, 0.15) is 6.04 Å². The van der Waals surface area contributed by atoms with Crippen molar-refractivity contribution in [2.45, 2.75) is 44.2 Å². The van der Waals surface area contributed by atoms with Crippen molar-refractivity contribution in [1.29, 1.82) is 0 Å². The number of nitrogens with one attached hydrogen (secondary N) is 3. The zero-order chi connectivity index (χ0) is 25.2. The van der Waals surface area contributed by atoms with Gasteiger partial charge in [0.25, 0.3) is 5.91 Å². The van der Waals surface area contributed by atoms with Gasteiger partial charge in [0.05, 0.1) is 6.04 Å². The first-order chi connectivity index (χ1) is 16.9. The van der Waals surface area contributed by atoms with Crippen molar-refractivity contribution in [1.82, 2.24) is 16.1 Å². The fraction of sp³-hybridized carbons (Fsp3) is 0.423. The molecular formula is C26H34N4O4S. The zero-order valence-corrected chi connectivity index (χ0v) is 21.1. The second-order valence-electron chi connectivity index (χ2n) is 8.83. The van der Waals surface area contributed by atoms with Crippen LogP contribution >= 0.6 is 11.8 Å². The molecule has 0 fully saturated rings. The molecule has 1 aliphatic rings. The minimum Gasteiger partial charge on any atom is -0.378 e. The lowest BCUT2D eigenvalue weighted by atomic mass is 9.87. The molecule has 0 aliphatic heterocycles. The summed E-state index contributed by atoms with van der Waals surface area (Å²) in [5, 5.41) is 14.7. The Balaban J connectivity index is 1.66. The molecule has 4 N–H and O–H groups in total. The number of amides is 3. The van der Waals surface area contributed by atoms with Crippen molar-refractivity contribution in [3.8, 4) is 0 Å². The van der Waals surface area contributed by atoms with Gasteiger partial charge in [-0.1, -0.05) is 24.3 Å². The number of hydroxylamine groups is 1. The van der Waals surface area contributed by atoms with Crippen LogP contribution < -0.4 is 21.0 Å². The normalized spacial score (nSPS) is 15.5. The van der Waals surface area contributed by atoms with Gasteiger partial charge in [-0.05, 0) is 66.8 Å². The second-order valence-corrected chi connectivity index (χ2v) is 9.98. The molecule has 9 heteroatoms. The number of rotatable bonds is 11. The number of anilines is 1. The van der Waals surface area contributed by atoms with Crippen LogP contribution in [0.5, 0.6) is 0 Å². The van der Waals surface area contributed by atoms with E-state index in [9.17, 15) is 14.4 Å². The average Bonchev–Trinajstić information content (AvgIpc) is 2.87. The molecule has 0 aromatic heterocycles. The smallest absolute Gasteiger partial charge is 0.251 e. The first kappa shape index (κ1) is 26.6. The minimum atomic E-state index is -0.721. The van der Waals surface area contributed by atoms with Crippen LogP contribution in [0.3, 0.4) is 0 Å². The molecule has 2 atom stereocenters. The summed E-state index contributed by atoms with van der Waals surface area (Å²) in [4.78, 5) is 39.4. The maximum Gasteiger partial charge on any atom is 0.251 e. The SMILES string of the molecule is CN(C)c1ccc(C(=O)N[C@@H](CSCCCC(=O)NO)C(=O)NC2CCCc3ccccc32)cc1. The number of nitrogens with zero attached hydrogens (tertiary/aromatic N) is 1. The summed E-state index contributed by atoms with van der Waals surface area (Å²) in [5.74, 6) is 0.0370. The Morgan fingerprint density at radius 3 is 2.57 bits per heavy atom. The molecule has 0 bridgehead atoms. The Morgan fingerprint density at radius 2 is 1.86 bits per heavy atom. The second kappa shape index (κ2) is 13.2. The van der Waals surface area contributed by atoms with Gasteiger partial charge in [-0.3, -0.25) is 19.6 Å². The predicted octanol–water partition coefficient (Wildman–Crippen LogP) is 3.06. The largest absolute Gasteiger partial charge is 0.378 e. The highest BCUT2D eigenvalue weighted by Crippen LogP contribution is 2.29. The van der Waals surface area contributed by atoms with Crippen LogP contribution in [0.25, 0.3) is 0 Å². The number of carbonyl (C=O) groups excluding carboxylic acids is 3. The molecule has 0 spiro atoms. The molecule has 0 radical (unpaired) electrons. The summed E-state index contributed by atoms with van der Waals surface area (Å²) in [7, 11) is 3.86. The van der Waals surface area contributed by atoms with Crippen LogP contribution in [-0.4, -0.2) is 54.6 Å². The number of hydrogen-bond donors (Lipinski definition) is 4. The topological polar surface area (TPSA) is 111 Å². The van der Waals surface area contributed by atoms with E-state index in [1.807, 2.05) is 43.3 Å². The van der Waals surface area contributed by atoms with Gasteiger partial charge in [0.15, 0.2) is 0 Å². The standard InChI is InChI=1S/C26H34N4O4S/c1-30(2)20-14-12-19(13-15-20)25(32)28-23(17-35-16-6-11-24(31)29-34)26(33)27-22-10-5-8-18-7-3-4-9-21(18)22/h3-4,7,9,12-15,22-23,34H,5-6,8,10-11,16-17H2,1-2H3,(H,27,33)(H,28,32)(H,29,31)/t22?,23-/m0/s1. The average molecular weight is 499 g/mol. The third kappa shape index (κ3) is 7.73. The predicted molar refractivity (Wildman–Crippen MR) is 139 cm³/mol. The minimum absolute atomic E-state index is 0.0792. The van der Waals surface area contributed by atoms with Gasteiger partial charge in [0.2, 0.25) is 11.8 Å². The van der Waals surface area contributed by atoms with Gasteiger partial charge in [-0.25, -0.2) is 5.48 Å². The van der Waals surface area contributed by atoms with Crippen LogP contribution in [-0.2, 0) is 16.0 Å². The number of aryl methyl sites for hydroxylation is 1. The monoisotopic (exact) mass is 498 g/mol. The van der Waals surface area contributed by atoms with Gasteiger partial charge in [-0.2, -0.15) is 11.8 Å². The number of benzene rings is 2. The number of hydrogen-bond acceptors (Lipinski definition) is 6. The summed E-state index contributed by atoms with van der Waals surface area (Å²) in [6.07, 6.45) is 3.62. The van der Waals surface area contributed by atoms with Gasteiger partial charge >= 0.3 is 0 Å². The van der Waals surface area contributed by atoms with Crippen LogP contribution in [0.15, 0.2) is 48.5 Å². The van der Waals surface area contributed by atoms with Crippen molar-refractivity contribution in [2.24, 2.45) is 0 Å². The van der Waals surface area contributed by atoms with Crippen LogP contribution in [0.4, 0.5) is 5.69 Å². The van der Waals surface area contributed by atoms with Crippen LogP contribution in [0, 0.1) is 0 Å². The maximum absolute atomic E-state index is 13.3. The highest BCUT2D eigenvalue weighted by atomic mass is 32.2. The van der Waals surface area contributed by atoms with E-state index >= 15 is 0 Å². The van der Waals surface area contributed by atoms with Crippen molar-refractivity contribution in [2.75, 3.05) is 30.5 Å². The van der Waals surface area contributed by atoms with Crippen molar-refractivity contribution < 1.29 is 19.6 Å². The van der Waals surface area contributed by atoms with E-state index in [-0.39, 0.29) is 24.3 Å². The molecule has 0 saturated carbocycles. The summed E-state index contributed by atoms with van der Waals surface area (Å²) < 4.78 is 0. The first-order valence-corrected chi connectivity index (χ1v) is 13.0. The van der Waals surface area contributed by atoms with E-state index in [1.165, 1.54) is 17.3 Å². The number of carbonyl (C=O) groups is 3. The molecule has 8 nitrogen and oxygen atoms in total. The summed E-state index contributed by atoms with van der Waals surface area (Å²) in [6.45, 7) is 0. The van der Waals surface area contributed by atoms with Crippen LogP contribution in [0.1, 0.15) is 53.2 Å². The Labute approximate surface area is 210 Å². The molecule has 3 rings (SSSR count). The number of fused-ring (bicyclic) bond motifs is 1. The Hall–Kier alpha value is -3.04. The first-order valence-electron chi connectivity index (χ1n) is 11.9. The lowest BCUT2D eigenvalue weighted by Gasteiger charge is -2.28. The highest BCUT2D eigenvalue weighted by molar-refractivity contribution is 7.99. The molecule has 0 heterocycles. The lowest BCUT2D eigenvalue weighted by molar-refractivity contribution is -0.129. The van der Waals surface area contributed by atoms with E-state index in [0.717, 1.165) is 30.5 Å². The molecule has 188 valence electrons. The van der Waals surface area contributed by atoms with Crippen molar-refractivity contribution >= 4 is 35.2 Å². The molecule has 0 saturated heterocycles. The maximum atomic E-state index is 13.3. The fourth-order valence-electron chi connectivity index (χ4n) is 4.10. The van der Waals surface area contributed by atoms with E-state index in [1.54, 1.807) is 17.6 Å². The summed E-state index contributed by atoms with van der Waals surface area (Å²) in [5.41, 5.74) is 5.48. The van der Waals surface area contributed by atoms with Gasteiger partial charge in [0, 0.05) is 37.5 Å². The molecule has 1 aliphatic carbocycles. The van der Waals surface area contributed by atoms with Crippen LogP contribution in [0.2, 0.25) is 0 Å². The lowest BCUT2D eigenvalue weighted by Crippen LogP contribution is -2.49. The molecule has 2 aromatic carbocycles. The Bertz CT molecular complexity index is 1010. The Kier molecular flexibility index (Phi) is 9.98. The highest BCUT2D eigenvalue weighted by Gasteiger charge is 2.27. The third-order valence-corrected chi connectivity index (χ3v) is 7.20. The van der Waals surface area contributed by atoms with E-state index in [4.69, 9.17) is 5.21 Å². The van der Waals surface area contributed by atoms with Crippen molar-refractivity contribution in [3.63, 3.8) is 0 Å². The quantitative estimate of drug-likeness (QED) is 0.215. The van der Waals surface area contributed by atoms with E-state index in [0.29, 0.717) is 23.5 Å². The summed E-state index contributed by atoms with van der Waals surface area (Å²) >= 11 is 1.49. The van der Waals surface area contributed by atoms with Gasteiger partial charge in [-0.15, -0.1) is 0 Å². The fourth-order valence-corrected chi connectivity index (χ4v) is 5.09. The third-order valence-electron chi connectivity index (χ3n) is 6.06. The molecule has 1 unspecified atom stereocenters. The van der Waals surface area contributed by atoms with Crippen molar-refractivity contribution in [3.05, 3.63) is 65.2 Å². The van der Waals surface area contributed by atoms with E-state index in [2.05, 4.69) is 22.8 Å². The molecule has 35 heavy (non-hydrogen) atoms. The Morgan fingerprint density at radius 1 is 1.11 bits per heavy atom. The van der Waals surface area contributed by atoms with Gasteiger partial charge < -0.3 is 15.5 Å². The number of thioether (sulfide) groups is 1. The molecule has 3 amide bonds.